The average Bonchev–Trinajstić information content (AvgIpc) is 2.49. The van der Waals surface area contributed by atoms with Crippen LogP contribution in [-0.2, 0) is 12.8 Å². The lowest BCUT2D eigenvalue weighted by Gasteiger charge is -2.18. The minimum absolute atomic E-state index is 0.562. The summed E-state index contributed by atoms with van der Waals surface area (Å²) in [6, 6.07) is 16.3. The average molecular weight is 322 g/mol. The minimum Gasteiger partial charge on any atom is -0.317 e. The molecule has 1 N–H and O–H groups in total. The lowest BCUT2D eigenvalue weighted by molar-refractivity contribution is 0.478. The number of benzene rings is 2. The second-order valence-corrected chi connectivity index (χ2v) is 6.21. The van der Waals surface area contributed by atoms with Crippen molar-refractivity contribution in [1.82, 2.24) is 5.32 Å². The minimum atomic E-state index is 0.562. The number of hydrogen-bond donors (Lipinski definition) is 1. The Kier molecular flexibility index (Phi) is 6.56. The Morgan fingerprint density at radius 2 is 1.24 bits per heavy atom. The molecule has 1 nitrogen and oxygen atoms in total. The first kappa shape index (κ1) is 16.4. The first-order chi connectivity index (χ1) is 10.2. The highest BCUT2D eigenvalue weighted by molar-refractivity contribution is 6.30. The van der Waals surface area contributed by atoms with Crippen molar-refractivity contribution in [2.75, 3.05) is 13.1 Å². The van der Waals surface area contributed by atoms with Gasteiger partial charge in [-0.2, -0.15) is 0 Å². The predicted molar refractivity (Wildman–Crippen MR) is 92.3 cm³/mol. The van der Waals surface area contributed by atoms with Crippen LogP contribution >= 0.6 is 23.2 Å². The van der Waals surface area contributed by atoms with Crippen molar-refractivity contribution < 1.29 is 0 Å². The van der Waals surface area contributed by atoms with Gasteiger partial charge < -0.3 is 5.32 Å². The van der Waals surface area contributed by atoms with Gasteiger partial charge in [0, 0.05) is 10.0 Å². The predicted octanol–water partition coefficient (Wildman–Crippen LogP) is 5.00. The third-order valence-electron chi connectivity index (χ3n) is 3.56. The van der Waals surface area contributed by atoms with Crippen molar-refractivity contribution in [3.05, 3.63) is 69.7 Å². The molecule has 0 radical (unpaired) electrons. The van der Waals surface area contributed by atoms with Crippen molar-refractivity contribution in [1.29, 1.82) is 0 Å². The van der Waals surface area contributed by atoms with Crippen LogP contribution in [0.3, 0.4) is 0 Å². The Bertz CT molecular complexity index is 487. The van der Waals surface area contributed by atoms with Crippen molar-refractivity contribution in [2.45, 2.75) is 19.8 Å². The normalized spacial score (nSPS) is 11.0. The van der Waals surface area contributed by atoms with E-state index in [4.69, 9.17) is 23.2 Å². The molecule has 112 valence electrons. The smallest absolute Gasteiger partial charge is 0.0406 e. The van der Waals surface area contributed by atoms with E-state index < -0.39 is 0 Å². The lowest BCUT2D eigenvalue weighted by Crippen LogP contribution is -2.25. The molecule has 0 aliphatic heterocycles. The molecule has 0 aromatic heterocycles. The highest BCUT2D eigenvalue weighted by Gasteiger charge is 2.10. The Labute approximate surface area is 137 Å². The van der Waals surface area contributed by atoms with Crippen LogP contribution in [-0.4, -0.2) is 13.1 Å². The maximum atomic E-state index is 5.95. The highest BCUT2D eigenvalue weighted by Crippen LogP contribution is 2.18. The Morgan fingerprint density at radius 3 is 1.62 bits per heavy atom. The van der Waals surface area contributed by atoms with E-state index in [9.17, 15) is 0 Å². The van der Waals surface area contributed by atoms with Gasteiger partial charge in [0.1, 0.15) is 0 Å². The first-order valence-corrected chi connectivity index (χ1v) is 8.12. The van der Waals surface area contributed by atoms with E-state index in [1.807, 2.05) is 24.3 Å². The van der Waals surface area contributed by atoms with Crippen LogP contribution in [0.1, 0.15) is 18.1 Å². The van der Waals surface area contributed by atoms with Crippen LogP contribution in [0.2, 0.25) is 10.0 Å². The Balaban J connectivity index is 2.02. The van der Waals surface area contributed by atoms with Gasteiger partial charge in [-0.15, -0.1) is 0 Å². The lowest BCUT2D eigenvalue weighted by atomic mass is 9.92. The van der Waals surface area contributed by atoms with Crippen LogP contribution in [0.4, 0.5) is 0 Å². The summed E-state index contributed by atoms with van der Waals surface area (Å²) in [4.78, 5) is 0. The Hall–Kier alpha value is -1.02. The molecule has 0 atom stereocenters. The van der Waals surface area contributed by atoms with Crippen molar-refractivity contribution in [3.8, 4) is 0 Å². The van der Waals surface area contributed by atoms with Gasteiger partial charge in [-0.05, 0) is 67.2 Å². The van der Waals surface area contributed by atoms with Crippen LogP contribution in [0.15, 0.2) is 48.5 Å². The molecule has 3 heteroatoms. The third kappa shape index (κ3) is 5.70. The summed E-state index contributed by atoms with van der Waals surface area (Å²) in [5.41, 5.74) is 2.66. The summed E-state index contributed by atoms with van der Waals surface area (Å²) in [5.74, 6) is 0.562. The second-order valence-electron chi connectivity index (χ2n) is 5.33. The van der Waals surface area contributed by atoms with E-state index in [0.717, 1.165) is 36.0 Å². The van der Waals surface area contributed by atoms with Gasteiger partial charge in [0.05, 0.1) is 0 Å². The van der Waals surface area contributed by atoms with E-state index in [2.05, 4.69) is 36.5 Å². The number of rotatable bonds is 7. The summed E-state index contributed by atoms with van der Waals surface area (Å²) in [6.45, 7) is 4.15. The monoisotopic (exact) mass is 321 g/mol. The molecule has 0 saturated heterocycles. The van der Waals surface area contributed by atoms with E-state index in [-0.39, 0.29) is 0 Å². The number of halogens is 2. The number of hydrogen-bond acceptors (Lipinski definition) is 1. The molecule has 2 aromatic carbocycles. The van der Waals surface area contributed by atoms with Gasteiger partial charge in [-0.1, -0.05) is 54.4 Å². The summed E-state index contributed by atoms with van der Waals surface area (Å²) in [7, 11) is 0. The van der Waals surface area contributed by atoms with Crippen molar-refractivity contribution >= 4 is 23.2 Å². The zero-order valence-corrected chi connectivity index (χ0v) is 13.8. The fourth-order valence-corrected chi connectivity index (χ4v) is 2.72. The quantitative estimate of drug-likeness (QED) is 0.756. The standard InChI is InChI=1S/C18H21Cl2N/c1-2-21-13-16(11-14-3-7-17(19)8-4-14)12-15-5-9-18(20)10-6-15/h3-10,16,21H,2,11-13H2,1H3. The van der Waals surface area contributed by atoms with Crippen LogP contribution in [0, 0.1) is 5.92 Å². The van der Waals surface area contributed by atoms with Gasteiger partial charge in [-0.25, -0.2) is 0 Å². The molecule has 0 bridgehead atoms. The zero-order valence-electron chi connectivity index (χ0n) is 12.3. The molecular weight excluding hydrogens is 301 g/mol. The molecule has 0 saturated carbocycles. The van der Waals surface area contributed by atoms with E-state index in [0.29, 0.717) is 5.92 Å². The van der Waals surface area contributed by atoms with Crippen molar-refractivity contribution in [3.63, 3.8) is 0 Å². The second kappa shape index (κ2) is 8.43. The summed E-state index contributed by atoms with van der Waals surface area (Å²) < 4.78 is 0. The van der Waals surface area contributed by atoms with E-state index >= 15 is 0 Å². The molecule has 0 aliphatic carbocycles. The molecule has 21 heavy (non-hydrogen) atoms. The maximum absolute atomic E-state index is 5.95. The molecule has 0 fully saturated rings. The van der Waals surface area contributed by atoms with E-state index in [1.54, 1.807) is 0 Å². The van der Waals surface area contributed by atoms with Gasteiger partial charge in [0.15, 0.2) is 0 Å². The molecular formula is C18H21Cl2N. The van der Waals surface area contributed by atoms with Gasteiger partial charge in [-0.3, -0.25) is 0 Å². The maximum Gasteiger partial charge on any atom is 0.0406 e. The number of nitrogens with one attached hydrogen (secondary N) is 1. The first-order valence-electron chi connectivity index (χ1n) is 7.37. The molecule has 0 aliphatic rings. The topological polar surface area (TPSA) is 12.0 Å². The highest BCUT2D eigenvalue weighted by atomic mass is 35.5. The van der Waals surface area contributed by atoms with Gasteiger partial charge in [0.25, 0.3) is 0 Å². The summed E-state index contributed by atoms with van der Waals surface area (Å²) >= 11 is 11.9. The molecule has 0 spiro atoms. The SMILES string of the molecule is CCNCC(Cc1ccc(Cl)cc1)Cc1ccc(Cl)cc1. The molecule has 0 amide bonds. The largest absolute Gasteiger partial charge is 0.317 e. The summed E-state index contributed by atoms with van der Waals surface area (Å²) in [5, 5.41) is 5.04. The van der Waals surface area contributed by atoms with Crippen LogP contribution in [0.5, 0.6) is 0 Å². The Morgan fingerprint density at radius 1 is 0.810 bits per heavy atom. The van der Waals surface area contributed by atoms with E-state index in [1.165, 1.54) is 11.1 Å². The molecule has 0 unspecified atom stereocenters. The summed E-state index contributed by atoms with van der Waals surface area (Å²) in [6.07, 6.45) is 2.10. The fourth-order valence-electron chi connectivity index (χ4n) is 2.47. The van der Waals surface area contributed by atoms with Gasteiger partial charge >= 0.3 is 0 Å². The third-order valence-corrected chi connectivity index (χ3v) is 4.06. The molecule has 2 rings (SSSR count). The zero-order chi connectivity index (χ0) is 15.1. The fraction of sp³-hybridized carbons (Fsp3) is 0.333. The van der Waals surface area contributed by atoms with Gasteiger partial charge in [0.2, 0.25) is 0 Å². The van der Waals surface area contributed by atoms with Crippen molar-refractivity contribution in [2.24, 2.45) is 5.92 Å². The van der Waals surface area contributed by atoms with Crippen LogP contribution < -0.4 is 5.32 Å². The molecule has 2 aromatic rings. The molecule has 0 heterocycles. The van der Waals surface area contributed by atoms with Crippen LogP contribution in [0.25, 0.3) is 0 Å².